The van der Waals surface area contributed by atoms with E-state index in [1.165, 1.54) is 45.2 Å². The second-order valence-electron chi connectivity index (χ2n) is 7.08. The van der Waals surface area contributed by atoms with Crippen LogP contribution in [0.5, 0.6) is 0 Å². The molecule has 0 amide bonds. The first-order valence-electron chi connectivity index (χ1n) is 9.00. The van der Waals surface area contributed by atoms with Gasteiger partial charge in [-0.15, -0.1) is 0 Å². The van der Waals surface area contributed by atoms with Gasteiger partial charge in [-0.25, -0.2) is 0 Å². The van der Waals surface area contributed by atoms with E-state index in [0.29, 0.717) is 6.04 Å². The van der Waals surface area contributed by atoms with Crippen LogP contribution in [-0.4, -0.2) is 62.0 Å². The molecule has 122 valence electrons. The van der Waals surface area contributed by atoms with Crippen LogP contribution in [-0.2, 0) is 9.47 Å². The molecule has 0 bridgehead atoms. The van der Waals surface area contributed by atoms with Crippen molar-refractivity contribution in [2.24, 2.45) is 0 Å². The summed E-state index contributed by atoms with van der Waals surface area (Å²) < 4.78 is 11.7. The van der Waals surface area contributed by atoms with Gasteiger partial charge in [-0.05, 0) is 58.0 Å². The van der Waals surface area contributed by atoms with E-state index in [0.717, 1.165) is 45.2 Å². The van der Waals surface area contributed by atoms with E-state index in [4.69, 9.17) is 9.47 Å². The monoisotopic (exact) mass is 296 g/mol. The van der Waals surface area contributed by atoms with E-state index in [1.807, 2.05) is 0 Å². The molecule has 0 aliphatic carbocycles. The standard InChI is InChI=1S/C17H32N2O2/c1-2-8-18-15-4-3-9-19(14-15)16-5-10-21-17(13-16)6-11-20-12-7-17/h15-16,18H,2-14H2,1H3. The zero-order valence-corrected chi connectivity index (χ0v) is 13.6. The lowest BCUT2D eigenvalue weighted by Crippen LogP contribution is -2.55. The van der Waals surface area contributed by atoms with E-state index < -0.39 is 0 Å². The predicted octanol–water partition coefficient (Wildman–Crippen LogP) is 2.18. The molecule has 0 radical (unpaired) electrons. The summed E-state index contributed by atoms with van der Waals surface area (Å²) in [4.78, 5) is 2.75. The van der Waals surface area contributed by atoms with E-state index in [1.54, 1.807) is 0 Å². The Morgan fingerprint density at radius 1 is 1.19 bits per heavy atom. The molecule has 3 heterocycles. The maximum Gasteiger partial charge on any atom is 0.0741 e. The van der Waals surface area contributed by atoms with Gasteiger partial charge >= 0.3 is 0 Å². The highest BCUT2D eigenvalue weighted by atomic mass is 16.5. The number of piperidine rings is 1. The van der Waals surface area contributed by atoms with Crippen LogP contribution in [0, 0.1) is 0 Å². The van der Waals surface area contributed by atoms with Crippen LogP contribution in [0.25, 0.3) is 0 Å². The zero-order valence-electron chi connectivity index (χ0n) is 13.6. The van der Waals surface area contributed by atoms with Crippen LogP contribution >= 0.6 is 0 Å². The SMILES string of the molecule is CCCNC1CCCN(C2CCOC3(CCOCC3)C2)C1. The van der Waals surface area contributed by atoms with Gasteiger partial charge in [-0.3, -0.25) is 4.90 Å². The lowest BCUT2D eigenvalue weighted by molar-refractivity contribution is -0.152. The van der Waals surface area contributed by atoms with Crippen molar-refractivity contribution in [3.8, 4) is 0 Å². The molecule has 0 aromatic carbocycles. The number of likely N-dealkylation sites (tertiary alicyclic amines) is 1. The molecule has 0 aromatic rings. The number of nitrogens with one attached hydrogen (secondary N) is 1. The van der Waals surface area contributed by atoms with Crippen molar-refractivity contribution in [1.29, 1.82) is 0 Å². The molecule has 3 aliphatic rings. The normalized spacial score (nSPS) is 34.1. The fourth-order valence-corrected chi connectivity index (χ4v) is 4.26. The first kappa shape index (κ1) is 15.7. The molecular formula is C17H32N2O2. The van der Waals surface area contributed by atoms with E-state index in [9.17, 15) is 0 Å². The number of ether oxygens (including phenoxy) is 2. The smallest absolute Gasteiger partial charge is 0.0741 e. The zero-order chi connectivity index (χ0) is 14.5. The fourth-order valence-electron chi connectivity index (χ4n) is 4.26. The van der Waals surface area contributed by atoms with Crippen molar-refractivity contribution < 1.29 is 9.47 Å². The van der Waals surface area contributed by atoms with Crippen molar-refractivity contribution in [1.82, 2.24) is 10.2 Å². The molecule has 1 N–H and O–H groups in total. The van der Waals surface area contributed by atoms with Gasteiger partial charge in [-0.2, -0.15) is 0 Å². The molecule has 4 nitrogen and oxygen atoms in total. The molecule has 3 saturated heterocycles. The highest BCUT2D eigenvalue weighted by molar-refractivity contribution is 4.94. The maximum atomic E-state index is 6.20. The lowest BCUT2D eigenvalue weighted by atomic mass is 9.83. The summed E-state index contributed by atoms with van der Waals surface area (Å²) in [6.07, 6.45) is 8.54. The van der Waals surface area contributed by atoms with Gasteiger partial charge in [0.25, 0.3) is 0 Å². The Labute approximate surface area is 129 Å². The Hall–Kier alpha value is -0.160. The molecule has 21 heavy (non-hydrogen) atoms. The van der Waals surface area contributed by atoms with Gasteiger partial charge in [0.1, 0.15) is 0 Å². The fraction of sp³-hybridized carbons (Fsp3) is 1.00. The summed E-state index contributed by atoms with van der Waals surface area (Å²) in [5.41, 5.74) is 0.130. The Morgan fingerprint density at radius 3 is 2.86 bits per heavy atom. The lowest BCUT2D eigenvalue weighted by Gasteiger charge is -2.48. The number of nitrogens with zero attached hydrogens (tertiary/aromatic N) is 1. The van der Waals surface area contributed by atoms with Gasteiger partial charge in [0.05, 0.1) is 5.60 Å². The van der Waals surface area contributed by atoms with Crippen LogP contribution < -0.4 is 5.32 Å². The molecule has 3 aliphatic heterocycles. The van der Waals surface area contributed by atoms with Crippen molar-refractivity contribution >= 4 is 0 Å². The minimum Gasteiger partial charge on any atom is -0.381 e. The minimum absolute atomic E-state index is 0.130. The van der Waals surface area contributed by atoms with Crippen molar-refractivity contribution in [3.05, 3.63) is 0 Å². The van der Waals surface area contributed by atoms with Crippen LogP contribution in [0.4, 0.5) is 0 Å². The maximum absolute atomic E-state index is 6.20. The molecule has 0 saturated carbocycles. The van der Waals surface area contributed by atoms with E-state index in [-0.39, 0.29) is 5.60 Å². The van der Waals surface area contributed by atoms with Crippen LogP contribution in [0.1, 0.15) is 51.9 Å². The van der Waals surface area contributed by atoms with Crippen LogP contribution in [0.15, 0.2) is 0 Å². The third kappa shape index (κ3) is 3.98. The van der Waals surface area contributed by atoms with Crippen molar-refractivity contribution in [2.75, 3.05) is 39.5 Å². The second-order valence-corrected chi connectivity index (χ2v) is 7.08. The summed E-state index contributed by atoms with van der Waals surface area (Å²) in [5, 5.41) is 3.72. The second kappa shape index (κ2) is 7.40. The van der Waals surface area contributed by atoms with E-state index in [2.05, 4.69) is 17.1 Å². The van der Waals surface area contributed by atoms with Gasteiger partial charge in [0, 0.05) is 38.4 Å². The summed E-state index contributed by atoms with van der Waals surface area (Å²) in [5.74, 6) is 0. The molecule has 2 unspecified atom stereocenters. The van der Waals surface area contributed by atoms with Gasteiger partial charge in [0.2, 0.25) is 0 Å². The topological polar surface area (TPSA) is 33.7 Å². The highest BCUT2D eigenvalue weighted by Gasteiger charge is 2.41. The summed E-state index contributed by atoms with van der Waals surface area (Å²) in [7, 11) is 0. The van der Waals surface area contributed by atoms with Crippen LogP contribution in [0.2, 0.25) is 0 Å². The number of hydrogen-bond donors (Lipinski definition) is 1. The molecule has 4 heteroatoms. The Bertz CT molecular complexity index is 312. The molecule has 2 atom stereocenters. The van der Waals surface area contributed by atoms with Gasteiger partial charge in [0.15, 0.2) is 0 Å². The summed E-state index contributed by atoms with van der Waals surface area (Å²) >= 11 is 0. The molecule has 3 fully saturated rings. The average molecular weight is 296 g/mol. The van der Waals surface area contributed by atoms with E-state index >= 15 is 0 Å². The molecular weight excluding hydrogens is 264 g/mol. The predicted molar refractivity (Wildman–Crippen MR) is 84.6 cm³/mol. The molecule has 3 rings (SSSR count). The van der Waals surface area contributed by atoms with Gasteiger partial charge in [-0.1, -0.05) is 6.92 Å². The Kier molecular flexibility index (Phi) is 5.54. The minimum atomic E-state index is 0.130. The number of hydrogen-bond acceptors (Lipinski definition) is 4. The summed E-state index contributed by atoms with van der Waals surface area (Å²) in [6, 6.07) is 1.43. The quantitative estimate of drug-likeness (QED) is 0.862. The van der Waals surface area contributed by atoms with Crippen molar-refractivity contribution in [3.63, 3.8) is 0 Å². The average Bonchev–Trinajstić information content (AvgIpc) is 2.54. The Balaban J connectivity index is 1.55. The highest BCUT2D eigenvalue weighted by Crippen LogP contribution is 2.36. The third-order valence-electron chi connectivity index (χ3n) is 5.52. The summed E-state index contributed by atoms with van der Waals surface area (Å²) in [6.45, 7) is 8.63. The number of rotatable bonds is 4. The first-order valence-corrected chi connectivity index (χ1v) is 9.00. The molecule has 1 spiro atoms. The Morgan fingerprint density at radius 2 is 2.05 bits per heavy atom. The first-order chi connectivity index (χ1) is 10.3. The largest absolute Gasteiger partial charge is 0.381 e. The van der Waals surface area contributed by atoms with Crippen LogP contribution in [0.3, 0.4) is 0 Å². The third-order valence-corrected chi connectivity index (χ3v) is 5.52. The molecule has 0 aromatic heterocycles. The van der Waals surface area contributed by atoms with Crippen molar-refractivity contribution in [2.45, 2.75) is 69.6 Å². The van der Waals surface area contributed by atoms with Gasteiger partial charge < -0.3 is 14.8 Å².